The van der Waals surface area contributed by atoms with Crippen LogP contribution in [-0.2, 0) is 0 Å². The SMILES string of the molecule is NC(c1ccc(F)c(Br)c1)C(F)F. The van der Waals surface area contributed by atoms with E-state index in [-0.39, 0.29) is 10.0 Å². The van der Waals surface area contributed by atoms with Crippen LogP contribution in [0.25, 0.3) is 0 Å². The minimum atomic E-state index is -2.64. The van der Waals surface area contributed by atoms with Crippen molar-refractivity contribution in [1.29, 1.82) is 0 Å². The van der Waals surface area contributed by atoms with Crippen molar-refractivity contribution in [2.75, 3.05) is 0 Å². The lowest BCUT2D eigenvalue weighted by molar-refractivity contribution is 0.116. The molecular formula is C8H7BrF3N. The zero-order chi connectivity index (χ0) is 10.0. The van der Waals surface area contributed by atoms with Crippen molar-refractivity contribution in [1.82, 2.24) is 0 Å². The molecule has 1 atom stereocenters. The highest BCUT2D eigenvalue weighted by atomic mass is 79.9. The predicted octanol–water partition coefficient (Wildman–Crippen LogP) is 2.85. The fourth-order valence-corrected chi connectivity index (χ4v) is 1.26. The summed E-state index contributed by atoms with van der Waals surface area (Å²) in [4.78, 5) is 0. The molecule has 5 heteroatoms. The molecule has 1 aromatic carbocycles. The summed E-state index contributed by atoms with van der Waals surface area (Å²) in [5.41, 5.74) is 5.37. The number of nitrogens with two attached hydrogens (primary N) is 1. The van der Waals surface area contributed by atoms with Gasteiger partial charge < -0.3 is 5.73 Å². The Morgan fingerprint density at radius 1 is 1.31 bits per heavy atom. The summed E-state index contributed by atoms with van der Waals surface area (Å²) in [6, 6.07) is 2.24. The normalized spacial score (nSPS) is 13.4. The zero-order valence-electron chi connectivity index (χ0n) is 6.48. The second-order valence-electron chi connectivity index (χ2n) is 2.53. The van der Waals surface area contributed by atoms with Crippen LogP contribution in [0, 0.1) is 5.82 Å². The molecule has 0 aliphatic rings. The van der Waals surface area contributed by atoms with Gasteiger partial charge in [0.15, 0.2) is 0 Å². The lowest BCUT2D eigenvalue weighted by atomic mass is 10.1. The highest BCUT2D eigenvalue weighted by molar-refractivity contribution is 9.10. The fourth-order valence-electron chi connectivity index (χ4n) is 0.865. The van der Waals surface area contributed by atoms with Crippen LogP contribution in [0.1, 0.15) is 11.6 Å². The van der Waals surface area contributed by atoms with E-state index in [1.54, 1.807) is 0 Å². The van der Waals surface area contributed by atoms with Crippen molar-refractivity contribution in [2.24, 2.45) is 5.73 Å². The number of hydrogen-bond donors (Lipinski definition) is 1. The van der Waals surface area contributed by atoms with Crippen molar-refractivity contribution < 1.29 is 13.2 Å². The molecule has 72 valence electrons. The molecule has 1 nitrogen and oxygen atoms in total. The molecule has 0 amide bonds. The van der Waals surface area contributed by atoms with Crippen LogP contribution >= 0.6 is 15.9 Å². The Balaban J connectivity index is 2.97. The molecule has 0 fully saturated rings. The molecule has 0 aliphatic heterocycles. The van der Waals surface area contributed by atoms with Gasteiger partial charge >= 0.3 is 0 Å². The zero-order valence-corrected chi connectivity index (χ0v) is 8.06. The monoisotopic (exact) mass is 253 g/mol. The molecule has 0 aromatic heterocycles. The molecule has 2 N–H and O–H groups in total. The van der Waals surface area contributed by atoms with Gasteiger partial charge in [0.05, 0.1) is 10.5 Å². The fraction of sp³-hybridized carbons (Fsp3) is 0.250. The maximum Gasteiger partial charge on any atom is 0.257 e. The Hall–Kier alpha value is -0.550. The molecule has 1 rings (SSSR count). The Bertz CT molecular complexity index is 303. The van der Waals surface area contributed by atoms with Gasteiger partial charge in [0.25, 0.3) is 6.43 Å². The van der Waals surface area contributed by atoms with Crippen LogP contribution in [0.4, 0.5) is 13.2 Å². The van der Waals surface area contributed by atoms with Crippen LogP contribution in [0.15, 0.2) is 22.7 Å². The van der Waals surface area contributed by atoms with E-state index in [4.69, 9.17) is 5.73 Å². The second kappa shape index (κ2) is 4.11. The van der Waals surface area contributed by atoms with E-state index in [1.807, 2.05) is 0 Å². The molecule has 0 radical (unpaired) electrons. The van der Waals surface area contributed by atoms with Gasteiger partial charge in [-0.3, -0.25) is 0 Å². The third kappa shape index (κ3) is 2.45. The van der Waals surface area contributed by atoms with E-state index >= 15 is 0 Å². The smallest absolute Gasteiger partial charge is 0.257 e. The quantitative estimate of drug-likeness (QED) is 0.862. The molecule has 1 aromatic rings. The summed E-state index contributed by atoms with van der Waals surface area (Å²) in [6.45, 7) is 0. The van der Waals surface area contributed by atoms with Crippen LogP contribution in [0.3, 0.4) is 0 Å². The molecular weight excluding hydrogens is 247 g/mol. The van der Waals surface area contributed by atoms with Gasteiger partial charge in [-0.1, -0.05) is 6.07 Å². The van der Waals surface area contributed by atoms with Crippen molar-refractivity contribution in [3.8, 4) is 0 Å². The summed E-state index contributed by atoms with van der Waals surface area (Å²) in [5, 5.41) is 0. The van der Waals surface area contributed by atoms with E-state index in [0.29, 0.717) is 0 Å². The first-order valence-electron chi connectivity index (χ1n) is 3.51. The molecule has 1 unspecified atom stereocenters. The lowest BCUT2D eigenvalue weighted by Gasteiger charge is -2.10. The molecule has 0 heterocycles. The number of benzene rings is 1. The van der Waals surface area contributed by atoms with E-state index < -0.39 is 18.3 Å². The first-order chi connectivity index (χ1) is 6.02. The topological polar surface area (TPSA) is 26.0 Å². The average Bonchev–Trinajstić information content (AvgIpc) is 2.08. The maximum atomic E-state index is 12.7. The number of hydrogen-bond acceptors (Lipinski definition) is 1. The van der Waals surface area contributed by atoms with Crippen molar-refractivity contribution in [2.45, 2.75) is 12.5 Å². The molecule has 0 saturated carbocycles. The average molecular weight is 254 g/mol. The molecule has 0 saturated heterocycles. The summed E-state index contributed by atoms with van der Waals surface area (Å²) < 4.78 is 37.1. The summed E-state index contributed by atoms with van der Waals surface area (Å²) >= 11 is 2.89. The van der Waals surface area contributed by atoms with Gasteiger partial charge in [0.1, 0.15) is 5.82 Å². The lowest BCUT2D eigenvalue weighted by Crippen LogP contribution is -2.18. The summed E-state index contributed by atoms with van der Waals surface area (Å²) in [7, 11) is 0. The van der Waals surface area contributed by atoms with E-state index in [2.05, 4.69) is 15.9 Å². The van der Waals surface area contributed by atoms with Gasteiger partial charge in [0.2, 0.25) is 0 Å². The summed E-state index contributed by atoms with van der Waals surface area (Å²) in [6.07, 6.45) is -2.64. The first kappa shape index (κ1) is 10.5. The number of rotatable bonds is 2. The van der Waals surface area contributed by atoms with Crippen LogP contribution in [-0.4, -0.2) is 6.43 Å². The minimum absolute atomic E-state index is 0.140. The Morgan fingerprint density at radius 3 is 2.38 bits per heavy atom. The van der Waals surface area contributed by atoms with E-state index in [9.17, 15) is 13.2 Å². The molecule has 0 bridgehead atoms. The predicted molar refractivity (Wildman–Crippen MR) is 47.0 cm³/mol. The molecule has 13 heavy (non-hydrogen) atoms. The van der Waals surface area contributed by atoms with Crippen molar-refractivity contribution in [3.63, 3.8) is 0 Å². The van der Waals surface area contributed by atoms with Crippen LogP contribution in [0.5, 0.6) is 0 Å². The van der Waals surface area contributed by atoms with Crippen LogP contribution < -0.4 is 5.73 Å². The van der Waals surface area contributed by atoms with Crippen molar-refractivity contribution >= 4 is 15.9 Å². The van der Waals surface area contributed by atoms with Crippen molar-refractivity contribution in [3.05, 3.63) is 34.1 Å². The first-order valence-corrected chi connectivity index (χ1v) is 4.30. The molecule has 0 spiro atoms. The minimum Gasteiger partial charge on any atom is -0.319 e. The highest BCUT2D eigenvalue weighted by Crippen LogP contribution is 2.23. The standard InChI is InChI=1S/C8H7BrF3N/c9-5-3-4(1-2-6(5)10)7(13)8(11)12/h1-3,7-8H,13H2. The Labute approximate surface area is 81.9 Å². The largest absolute Gasteiger partial charge is 0.319 e. The van der Waals surface area contributed by atoms with Crippen LogP contribution in [0.2, 0.25) is 0 Å². The van der Waals surface area contributed by atoms with E-state index in [1.165, 1.54) is 12.1 Å². The van der Waals surface area contributed by atoms with Gasteiger partial charge in [-0.05, 0) is 33.6 Å². The van der Waals surface area contributed by atoms with Gasteiger partial charge in [-0.2, -0.15) is 0 Å². The molecule has 0 aliphatic carbocycles. The Kier molecular flexibility index (Phi) is 3.33. The number of halogens is 4. The van der Waals surface area contributed by atoms with E-state index in [0.717, 1.165) is 6.07 Å². The number of alkyl halides is 2. The third-order valence-corrected chi connectivity index (χ3v) is 2.21. The van der Waals surface area contributed by atoms with Gasteiger partial charge in [-0.25, -0.2) is 13.2 Å². The van der Waals surface area contributed by atoms with Gasteiger partial charge in [-0.15, -0.1) is 0 Å². The summed E-state index contributed by atoms with van der Waals surface area (Å²) in [5.74, 6) is -0.495. The highest BCUT2D eigenvalue weighted by Gasteiger charge is 2.17. The second-order valence-corrected chi connectivity index (χ2v) is 3.39. The van der Waals surface area contributed by atoms with Gasteiger partial charge in [0, 0.05) is 0 Å². The third-order valence-electron chi connectivity index (χ3n) is 1.60. The Morgan fingerprint density at radius 2 is 1.92 bits per heavy atom. The maximum absolute atomic E-state index is 12.7.